The number of halogens is 1. The number of nitrogens with zero attached hydrogens (tertiary/aromatic N) is 2. The summed E-state index contributed by atoms with van der Waals surface area (Å²) in [7, 11) is 0. The molecule has 0 spiro atoms. The highest BCUT2D eigenvalue weighted by atomic mass is 35.5. The molecule has 0 aliphatic rings. The number of hydrogen-bond donors (Lipinski definition) is 0. The van der Waals surface area contributed by atoms with Crippen LogP contribution in [0.3, 0.4) is 0 Å². The number of rotatable bonds is 4. The molecular weight excluding hydrogens is 316 g/mol. The van der Waals surface area contributed by atoms with Gasteiger partial charge >= 0.3 is 11.8 Å². The van der Waals surface area contributed by atoms with Crippen molar-refractivity contribution in [2.75, 3.05) is 0 Å². The zero-order chi connectivity index (χ0) is 16.2. The topological polar surface area (TPSA) is 53.4 Å². The van der Waals surface area contributed by atoms with Crippen molar-refractivity contribution in [3.05, 3.63) is 65.7 Å². The van der Waals surface area contributed by atoms with Crippen LogP contribution in [0.15, 0.2) is 60.7 Å². The molecule has 3 aromatic rings. The zero-order valence-corrected chi connectivity index (χ0v) is 13.0. The van der Waals surface area contributed by atoms with Crippen molar-refractivity contribution < 1.29 is 14.6 Å². The van der Waals surface area contributed by atoms with E-state index in [9.17, 15) is 4.79 Å². The quantitative estimate of drug-likeness (QED) is 0.535. The summed E-state index contributed by atoms with van der Waals surface area (Å²) in [5.74, 6) is -0.554. The normalized spacial score (nSPS) is 10.3. The van der Waals surface area contributed by atoms with E-state index in [-0.39, 0.29) is 10.9 Å². The van der Waals surface area contributed by atoms with Gasteiger partial charge in [0, 0.05) is 12.5 Å². The van der Waals surface area contributed by atoms with Gasteiger partial charge in [-0.1, -0.05) is 60.1 Å². The van der Waals surface area contributed by atoms with E-state index in [0.717, 1.165) is 11.3 Å². The van der Waals surface area contributed by atoms with E-state index in [2.05, 4.69) is 9.99 Å². The van der Waals surface area contributed by atoms with Gasteiger partial charge in [-0.15, -0.1) is 5.10 Å². The Kier molecular flexibility index (Phi) is 4.30. The van der Waals surface area contributed by atoms with Crippen LogP contribution in [0.2, 0.25) is 5.02 Å². The van der Waals surface area contributed by atoms with Crippen molar-refractivity contribution in [3.8, 4) is 22.8 Å². The first-order valence-electron chi connectivity index (χ1n) is 6.91. The van der Waals surface area contributed by atoms with Gasteiger partial charge in [-0.3, -0.25) is 4.89 Å². The highest BCUT2D eigenvalue weighted by Crippen LogP contribution is 2.37. The van der Waals surface area contributed by atoms with Crippen LogP contribution in [0.1, 0.15) is 6.92 Å². The van der Waals surface area contributed by atoms with Crippen molar-refractivity contribution in [1.29, 1.82) is 0 Å². The minimum absolute atomic E-state index is 0.0320. The molecule has 0 radical (unpaired) electrons. The number of hydrogen-bond acceptors (Lipinski definition) is 4. The Balaban J connectivity index is 2.13. The van der Waals surface area contributed by atoms with Crippen molar-refractivity contribution in [3.63, 3.8) is 0 Å². The smallest absolute Gasteiger partial charge is 0.263 e. The maximum Gasteiger partial charge on any atom is 0.352 e. The standard InChI is InChI=1S/C17H13ClN2O3/c1-12(21)22-23-17-15(18)16(13-8-4-2-5-9-13)20(19-17)14-10-6-3-7-11-14/h2-11H,1H3. The van der Waals surface area contributed by atoms with Gasteiger partial charge in [0.25, 0.3) is 0 Å². The maximum atomic E-state index is 10.9. The van der Waals surface area contributed by atoms with Crippen LogP contribution in [0.5, 0.6) is 5.88 Å². The summed E-state index contributed by atoms with van der Waals surface area (Å²) in [6.07, 6.45) is 0. The van der Waals surface area contributed by atoms with E-state index in [1.807, 2.05) is 60.7 Å². The number of benzene rings is 2. The first-order valence-corrected chi connectivity index (χ1v) is 7.29. The van der Waals surface area contributed by atoms with E-state index < -0.39 is 5.97 Å². The Morgan fingerprint density at radius 1 is 1.04 bits per heavy atom. The van der Waals surface area contributed by atoms with E-state index in [1.54, 1.807) is 4.68 Å². The van der Waals surface area contributed by atoms with Crippen molar-refractivity contribution in [2.45, 2.75) is 6.92 Å². The monoisotopic (exact) mass is 328 g/mol. The van der Waals surface area contributed by atoms with Crippen LogP contribution in [0, 0.1) is 0 Å². The van der Waals surface area contributed by atoms with Crippen LogP contribution < -0.4 is 4.89 Å². The Labute approximate surface area is 138 Å². The molecule has 6 heteroatoms. The number of carbonyl (C=O) groups is 1. The second-order valence-corrected chi connectivity index (χ2v) is 5.12. The lowest BCUT2D eigenvalue weighted by Gasteiger charge is -2.07. The third-order valence-electron chi connectivity index (χ3n) is 3.08. The Bertz CT molecular complexity index is 817. The molecule has 0 atom stereocenters. The Morgan fingerprint density at radius 2 is 1.65 bits per heavy atom. The summed E-state index contributed by atoms with van der Waals surface area (Å²) < 4.78 is 1.65. The molecule has 23 heavy (non-hydrogen) atoms. The molecule has 3 rings (SSSR count). The third kappa shape index (κ3) is 3.19. The van der Waals surface area contributed by atoms with E-state index in [1.165, 1.54) is 6.92 Å². The van der Waals surface area contributed by atoms with E-state index >= 15 is 0 Å². The molecule has 2 aromatic carbocycles. The van der Waals surface area contributed by atoms with Crippen molar-refractivity contribution in [2.24, 2.45) is 0 Å². The highest BCUT2D eigenvalue weighted by molar-refractivity contribution is 6.34. The van der Waals surface area contributed by atoms with Gasteiger partial charge in [0.15, 0.2) is 0 Å². The Morgan fingerprint density at radius 3 is 2.26 bits per heavy atom. The van der Waals surface area contributed by atoms with Crippen LogP contribution >= 0.6 is 11.6 Å². The van der Waals surface area contributed by atoms with Crippen LogP contribution in [-0.2, 0) is 9.68 Å². The summed E-state index contributed by atoms with van der Waals surface area (Å²) in [4.78, 5) is 20.4. The molecule has 0 fully saturated rings. The van der Waals surface area contributed by atoms with E-state index in [0.29, 0.717) is 5.69 Å². The molecule has 0 saturated carbocycles. The fourth-order valence-corrected chi connectivity index (χ4v) is 2.39. The minimum atomic E-state index is -0.586. The lowest BCUT2D eigenvalue weighted by molar-refractivity contribution is -0.212. The predicted octanol–water partition coefficient (Wildman–Crippen LogP) is 4.05. The fraction of sp³-hybridized carbons (Fsp3) is 0.0588. The zero-order valence-electron chi connectivity index (χ0n) is 12.3. The molecule has 0 bridgehead atoms. The maximum absolute atomic E-state index is 10.9. The molecule has 116 valence electrons. The van der Waals surface area contributed by atoms with E-state index in [4.69, 9.17) is 16.5 Å². The van der Waals surface area contributed by atoms with Gasteiger partial charge in [0.1, 0.15) is 5.02 Å². The fourth-order valence-electron chi connectivity index (χ4n) is 2.13. The van der Waals surface area contributed by atoms with Crippen molar-refractivity contribution in [1.82, 2.24) is 9.78 Å². The van der Waals surface area contributed by atoms with Gasteiger partial charge in [-0.05, 0) is 12.1 Å². The van der Waals surface area contributed by atoms with Gasteiger partial charge < -0.3 is 0 Å². The highest BCUT2D eigenvalue weighted by Gasteiger charge is 2.21. The largest absolute Gasteiger partial charge is 0.352 e. The summed E-state index contributed by atoms with van der Waals surface area (Å²) in [6.45, 7) is 1.24. The molecule has 0 N–H and O–H groups in total. The number of para-hydroxylation sites is 1. The molecule has 5 nitrogen and oxygen atoms in total. The molecular formula is C17H13ClN2O3. The molecule has 0 unspecified atom stereocenters. The summed E-state index contributed by atoms with van der Waals surface area (Å²) in [5, 5.41) is 4.58. The number of carbonyl (C=O) groups excluding carboxylic acids is 1. The van der Waals surface area contributed by atoms with Crippen LogP contribution in [0.25, 0.3) is 16.9 Å². The average molecular weight is 329 g/mol. The van der Waals surface area contributed by atoms with Crippen molar-refractivity contribution >= 4 is 17.6 Å². The average Bonchev–Trinajstić information content (AvgIpc) is 2.91. The predicted molar refractivity (Wildman–Crippen MR) is 86.4 cm³/mol. The lowest BCUT2D eigenvalue weighted by Crippen LogP contribution is -2.04. The number of aromatic nitrogens is 2. The SMILES string of the molecule is CC(=O)OOc1nn(-c2ccccc2)c(-c2ccccc2)c1Cl. The van der Waals surface area contributed by atoms with Gasteiger partial charge in [0.2, 0.25) is 0 Å². The first-order chi connectivity index (χ1) is 11.2. The van der Waals surface area contributed by atoms with Gasteiger partial charge in [-0.25, -0.2) is 14.4 Å². The van der Waals surface area contributed by atoms with Crippen LogP contribution in [0.4, 0.5) is 0 Å². The second-order valence-electron chi connectivity index (χ2n) is 4.74. The lowest BCUT2D eigenvalue weighted by atomic mass is 10.1. The summed E-state index contributed by atoms with van der Waals surface area (Å²) >= 11 is 6.40. The molecule has 0 aliphatic carbocycles. The van der Waals surface area contributed by atoms with Gasteiger partial charge in [-0.2, -0.15) is 0 Å². The van der Waals surface area contributed by atoms with Crippen LogP contribution in [-0.4, -0.2) is 15.7 Å². The molecule has 0 saturated heterocycles. The first kappa shape index (κ1) is 15.1. The molecule has 0 amide bonds. The summed E-state index contributed by atoms with van der Waals surface area (Å²) in [6, 6.07) is 19.0. The van der Waals surface area contributed by atoms with Gasteiger partial charge in [0.05, 0.1) is 11.4 Å². The molecule has 1 aromatic heterocycles. The second kappa shape index (κ2) is 6.54. The molecule has 1 heterocycles. The molecule has 0 aliphatic heterocycles. The third-order valence-corrected chi connectivity index (χ3v) is 3.42. The Hall–Kier alpha value is -2.79. The summed E-state index contributed by atoms with van der Waals surface area (Å²) in [5.41, 5.74) is 2.33. The minimum Gasteiger partial charge on any atom is -0.263 e.